The summed E-state index contributed by atoms with van der Waals surface area (Å²) < 4.78 is 0. The van der Waals surface area contributed by atoms with Gasteiger partial charge in [0.15, 0.2) is 0 Å². The standard InChI is InChI=1S/C63H38/c1-63(2)56-20-8-7-15-40(56)53-30-51-52(32-57(53)63)48-24-22-33-21-23-47-49(38-25-27-45-36-13-5-3-11-34(36)41-16-9-18-43(38)59(41)45)29-50(54-31-55(51)62(48)58(33)61(47)54)39-26-28-46-37-14-6-4-12-35(37)42-17-10-19-44(39)60(42)46/h3-10,12-32,34H,11H2,1-2H3. The highest BCUT2D eigenvalue weighted by atomic mass is 14.4. The summed E-state index contributed by atoms with van der Waals surface area (Å²) in [4.78, 5) is 0. The molecular formula is C63H38. The van der Waals surface area contributed by atoms with Gasteiger partial charge >= 0.3 is 0 Å². The minimum atomic E-state index is -0.0666. The Hall–Kier alpha value is -7.54. The Morgan fingerprint density at radius 1 is 0.365 bits per heavy atom. The monoisotopic (exact) mass is 794 g/mol. The van der Waals surface area contributed by atoms with Gasteiger partial charge in [-0.15, -0.1) is 0 Å². The SMILES string of the molecule is CC1(C)c2ccccc2-c2cc3c(cc21)-c1ccc2ccc4c(-c5ccc6c7c(cccc57)C5CC=CC=C65)cc(-c5ccc6c7c(cccc57)-c5ccccc5-6)c5cc-3c1c2c54. The lowest BCUT2D eigenvalue weighted by atomic mass is 9.81. The second-order valence-electron chi connectivity index (χ2n) is 19.3. The lowest BCUT2D eigenvalue weighted by molar-refractivity contribution is 0.660. The molecule has 1 atom stereocenters. The zero-order valence-electron chi connectivity index (χ0n) is 35.0. The smallest absolute Gasteiger partial charge is 0.0159 e. The molecular weight excluding hydrogens is 757 g/mol. The molecule has 0 amide bonds. The summed E-state index contributed by atoms with van der Waals surface area (Å²) in [7, 11) is 0. The normalized spacial score (nSPS) is 16.3. The molecule has 0 spiro atoms. The molecule has 11 aromatic rings. The average molecular weight is 795 g/mol. The molecule has 0 saturated carbocycles. The van der Waals surface area contributed by atoms with Crippen molar-refractivity contribution in [2.75, 3.05) is 0 Å². The van der Waals surface area contributed by atoms with Crippen molar-refractivity contribution in [3.05, 3.63) is 198 Å². The van der Waals surface area contributed by atoms with Crippen molar-refractivity contribution in [2.24, 2.45) is 0 Å². The van der Waals surface area contributed by atoms with E-state index in [1.54, 1.807) is 0 Å². The van der Waals surface area contributed by atoms with Gasteiger partial charge in [-0.3, -0.25) is 0 Å². The van der Waals surface area contributed by atoms with Crippen LogP contribution in [0, 0.1) is 0 Å². The largest absolute Gasteiger partial charge is 0.0836 e. The number of allylic oxidation sites excluding steroid dienone is 4. The van der Waals surface area contributed by atoms with Crippen LogP contribution in [0.25, 0.3) is 137 Å². The first-order valence-corrected chi connectivity index (χ1v) is 22.7. The zero-order chi connectivity index (χ0) is 41.0. The quantitative estimate of drug-likeness (QED) is 0.153. The molecule has 0 aromatic heterocycles. The lowest BCUT2D eigenvalue weighted by Gasteiger charge is -2.22. The zero-order valence-corrected chi connectivity index (χ0v) is 35.0. The Kier molecular flexibility index (Phi) is 5.83. The maximum Gasteiger partial charge on any atom is 0.0159 e. The van der Waals surface area contributed by atoms with Crippen molar-refractivity contribution in [3.63, 3.8) is 0 Å². The van der Waals surface area contributed by atoms with Crippen molar-refractivity contribution >= 4 is 59.4 Å². The highest BCUT2D eigenvalue weighted by Crippen LogP contribution is 2.60. The Morgan fingerprint density at radius 3 is 1.84 bits per heavy atom. The number of hydrogen-bond acceptors (Lipinski definition) is 0. The molecule has 16 rings (SSSR count). The van der Waals surface area contributed by atoms with Gasteiger partial charge in [0.1, 0.15) is 0 Å². The summed E-state index contributed by atoms with van der Waals surface area (Å²) in [6.45, 7) is 4.81. The number of fused-ring (bicyclic) bond motifs is 12. The summed E-state index contributed by atoms with van der Waals surface area (Å²) in [5, 5.41) is 13.6. The van der Waals surface area contributed by atoms with Crippen molar-refractivity contribution in [3.8, 4) is 77.9 Å². The van der Waals surface area contributed by atoms with Crippen LogP contribution < -0.4 is 0 Å². The fourth-order valence-electron chi connectivity index (χ4n) is 13.5. The van der Waals surface area contributed by atoms with Gasteiger partial charge in [-0.25, -0.2) is 0 Å². The van der Waals surface area contributed by atoms with Gasteiger partial charge in [-0.1, -0.05) is 166 Å². The second kappa shape index (κ2) is 11.1. The lowest BCUT2D eigenvalue weighted by Crippen LogP contribution is -2.14. The Morgan fingerprint density at radius 2 is 0.984 bits per heavy atom. The maximum atomic E-state index is 2.59. The predicted molar refractivity (Wildman–Crippen MR) is 267 cm³/mol. The molecule has 0 bridgehead atoms. The highest BCUT2D eigenvalue weighted by molar-refractivity contribution is 6.36. The second-order valence-corrected chi connectivity index (χ2v) is 19.3. The summed E-state index contributed by atoms with van der Waals surface area (Å²) in [5.74, 6) is 0.430. The van der Waals surface area contributed by atoms with Crippen molar-refractivity contribution < 1.29 is 0 Å². The van der Waals surface area contributed by atoms with E-state index < -0.39 is 0 Å². The summed E-state index contributed by atoms with van der Waals surface area (Å²) >= 11 is 0. The number of benzene rings is 11. The van der Waals surface area contributed by atoms with E-state index in [-0.39, 0.29) is 5.41 Å². The van der Waals surface area contributed by atoms with Gasteiger partial charge in [0.05, 0.1) is 0 Å². The van der Waals surface area contributed by atoms with E-state index in [0.717, 1.165) is 6.42 Å². The van der Waals surface area contributed by atoms with Crippen LogP contribution in [0.15, 0.2) is 176 Å². The molecule has 11 aromatic carbocycles. The van der Waals surface area contributed by atoms with Crippen LogP contribution in [-0.2, 0) is 5.41 Å². The Bertz CT molecular complexity index is 4040. The van der Waals surface area contributed by atoms with E-state index in [0.29, 0.717) is 5.92 Å². The van der Waals surface area contributed by atoms with Crippen molar-refractivity contribution in [1.82, 2.24) is 0 Å². The van der Waals surface area contributed by atoms with Crippen LogP contribution in [0.4, 0.5) is 0 Å². The van der Waals surface area contributed by atoms with Gasteiger partial charge < -0.3 is 0 Å². The molecule has 0 aliphatic heterocycles. The molecule has 0 nitrogen and oxygen atoms in total. The van der Waals surface area contributed by atoms with Gasteiger partial charge in [0.2, 0.25) is 0 Å². The molecule has 5 aliphatic carbocycles. The van der Waals surface area contributed by atoms with Gasteiger partial charge in [0.25, 0.3) is 0 Å². The predicted octanol–water partition coefficient (Wildman–Crippen LogP) is 17.3. The molecule has 5 aliphatic rings. The molecule has 0 saturated heterocycles. The summed E-state index contributed by atoms with van der Waals surface area (Å²) in [5.41, 5.74) is 25.9. The van der Waals surface area contributed by atoms with Gasteiger partial charge in [0, 0.05) is 11.3 Å². The molecule has 0 fully saturated rings. The van der Waals surface area contributed by atoms with E-state index in [1.807, 2.05) is 0 Å². The molecule has 290 valence electrons. The Labute approximate surface area is 365 Å². The summed E-state index contributed by atoms with van der Waals surface area (Å²) in [6, 6.07) is 61.7. The van der Waals surface area contributed by atoms with E-state index in [2.05, 4.69) is 190 Å². The van der Waals surface area contributed by atoms with Crippen LogP contribution >= 0.6 is 0 Å². The van der Waals surface area contributed by atoms with E-state index in [4.69, 9.17) is 0 Å². The van der Waals surface area contributed by atoms with Gasteiger partial charge in [-0.05, 0) is 190 Å². The van der Waals surface area contributed by atoms with Gasteiger partial charge in [-0.2, -0.15) is 0 Å². The minimum Gasteiger partial charge on any atom is -0.0836 e. The van der Waals surface area contributed by atoms with Crippen LogP contribution in [0.5, 0.6) is 0 Å². The molecule has 0 radical (unpaired) electrons. The number of hydrogen-bond donors (Lipinski definition) is 0. The molecule has 63 heavy (non-hydrogen) atoms. The Balaban J connectivity index is 1.05. The maximum absolute atomic E-state index is 2.59. The first kappa shape index (κ1) is 33.1. The minimum absolute atomic E-state index is 0.0666. The van der Waals surface area contributed by atoms with E-state index in [9.17, 15) is 0 Å². The van der Waals surface area contributed by atoms with Crippen LogP contribution in [0.1, 0.15) is 48.4 Å². The van der Waals surface area contributed by atoms with E-state index >= 15 is 0 Å². The molecule has 0 heteroatoms. The van der Waals surface area contributed by atoms with Crippen molar-refractivity contribution in [2.45, 2.75) is 31.6 Å². The average Bonchev–Trinajstić information content (AvgIpc) is 4.02. The third-order valence-corrected chi connectivity index (χ3v) is 16.2. The fraction of sp³-hybridized carbons (Fsp3) is 0.0794. The third kappa shape index (κ3) is 3.84. The van der Waals surface area contributed by atoms with Crippen LogP contribution in [0.2, 0.25) is 0 Å². The van der Waals surface area contributed by atoms with Crippen LogP contribution in [0.3, 0.4) is 0 Å². The first-order chi connectivity index (χ1) is 31.0. The molecule has 0 heterocycles. The molecule has 1 unspecified atom stereocenters. The topological polar surface area (TPSA) is 0 Å². The van der Waals surface area contributed by atoms with E-state index in [1.165, 1.54) is 160 Å². The highest BCUT2D eigenvalue weighted by Gasteiger charge is 2.38. The fourth-order valence-corrected chi connectivity index (χ4v) is 13.5. The molecule has 0 N–H and O–H groups in total. The first-order valence-electron chi connectivity index (χ1n) is 22.7. The van der Waals surface area contributed by atoms with Crippen molar-refractivity contribution in [1.29, 1.82) is 0 Å². The third-order valence-electron chi connectivity index (χ3n) is 16.2. The summed E-state index contributed by atoms with van der Waals surface area (Å²) in [6.07, 6.45) is 8.01. The van der Waals surface area contributed by atoms with Crippen LogP contribution in [-0.4, -0.2) is 0 Å². The number of rotatable bonds is 2.